The van der Waals surface area contributed by atoms with Gasteiger partial charge < -0.3 is 10.3 Å². The average molecular weight is 249 g/mol. The highest BCUT2D eigenvalue weighted by Gasteiger charge is 2.29. The van der Waals surface area contributed by atoms with Gasteiger partial charge in [-0.25, -0.2) is 4.98 Å². The Morgan fingerprint density at radius 1 is 1.44 bits per heavy atom. The highest BCUT2D eigenvalue weighted by Crippen LogP contribution is 2.33. The lowest BCUT2D eigenvalue weighted by Gasteiger charge is -2.38. The number of hydrogen-bond donors (Lipinski definition) is 2. The van der Waals surface area contributed by atoms with Crippen LogP contribution in [0.15, 0.2) is 12.4 Å². The van der Waals surface area contributed by atoms with Crippen molar-refractivity contribution in [2.24, 2.45) is 17.8 Å². The van der Waals surface area contributed by atoms with Crippen molar-refractivity contribution >= 4 is 0 Å². The van der Waals surface area contributed by atoms with Gasteiger partial charge in [0, 0.05) is 31.4 Å². The Bertz CT molecular complexity index is 332. The van der Waals surface area contributed by atoms with Gasteiger partial charge in [-0.15, -0.1) is 0 Å². The second-order valence-corrected chi connectivity index (χ2v) is 6.17. The van der Waals surface area contributed by atoms with Crippen molar-refractivity contribution in [3.8, 4) is 0 Å². The van der Waals surface area contributed by atoms with E-state index in [0.29, 0.717) is 6.04 Å². The first-order valence-corrected chi connectivity index (χ1v) is 7.38. The Morgan fingerprint density at radius 2 is 2.28 bits per heavy atom. The van der Waals surface area contributed by atoms with Gasteiger partial charge in [0.05, 0.1) is 0 Å². The standard InChI is InChI=1S/C15H27N3/c1-11(2)13-5-4-12(3)10-14(13)16-7-6-15-17-8-9-18-15/h8-9,11-14,16H,4-7,10H2,1-3H3,(H,17,18). The first-order valence-electron chi connectivity index (χ1n) is 7.38. The fraction of sp³-hybridized carbons (Fsp3) is 0.800. The summed E-state index contributed by atoms with van der Waals surface area (Å²) in [7, 11) is 0. The highest BCUT2D eigenvalue weighted by molar-refractivity contribution is 4.90. The van der Waals surface area contributed by atoms with Gasteiger partial charge in [0.1, 0.15) is 5.82 Å². The zero-order chi connectivity index (χ0) is 13.0. The molecule has 1 aliphatic rings. The normalized spacial score (nSPS) is 28.8. The number of imidazole rings is 1. The number of nitrogens with zero attached hydrogens (tertiary/aromatic N) is 1. The van der Waals surface area contributed by atoms with Crippen molar-refractivity contribution in [3.05, 3.63) is 18.2 Å². The number of nitrogens with one attached hydrogen (secondary N) is 2. The number of hydrogen-bond acceptors (Lipinski definition) is 2. The Hall–Kier alpha value is -0.830. The lowest BCUT2D eigenvalue weighted by molar-refractivity contribution is 0.171. The molecule has 3 nitrogen and oxygen atoms in total. The fourth-order valence-corrected chi connectivity index (χ4v) is 3.25. The van der Waals surface area contributed by atoms with Crippen LogP contribution in [0.3, 0.4) is 0 Å². The van der Waals surface area contributed by atoms with Crippen LogP contribution < -0.4 is 5.32 Å². The van der Waals surface area contributed by atoms with Crippen LogP contribution in [-0.2, 0) is 6.42 Å². The third-order valence-corrected chi connectivity index (χ3v) is 4.35. The third kappa shape index (κ3) is 3.58. The Labute approximate surface area is 111 Å². The summed E-state index contributed by atoms with van der Waals surface area (Å²) in [4.78, 5) is 7.44. The van der Waals surface area contributed by atoms with Gasteiger partial charge in [-0.1, -0.05) is 27.2 Å². The molecule has 0 spiro atoms. The fourth-order valence-electron chi connectivity index (χ4n) is 3.25. The summed E-state index contributed by atoms with van der Waals surface area (Å²) < 4.78 is 0. The molecule has 1 heterocycles. The molecule has 102 valence electrons. The van der Waals surface area contributed by atoms with Crippen LogP contribution in [0.4, 0.5) is 0 Å². The zero-order valence-corrected chi connectivity index (χ0v) is 11.9. The molecule has 0 aromatic carbocycles. The minimum absolute atomic E-state index is 0.698. The molecular formula is C15H27N3. The smallest absolute Gasteiger partial charge is 0.107 e. The molecular weight excluding hydrogens is 222 g/mol. The van der Waals surface area contributed by atoms with Crippen molar-refractivity contribution in [1.82, 2.24) is 15.3 Å². The molecule has 3 heteroatoms. The van der Waals surface area contributed by atoms with Crippen LogP contribution in [0.1, 0.15) is 45.9 Å². The topological polar surface area (TPSA) is 40.7 Å². The van der Waals surface area contributed by atoms with E-state index in [9.17, 15) is 0 Å². The molecule has 1 fully saturated rings. The van der Waals surface area contributed by atoms with Gasteiger partial charge in [0.15, 0.2) is 0 Å². The van der Waals surface area contributed by atoms with Crippen LogP contribution in [0.5, 0.6) is 0 Å². The average Bonchev–Trinajstić information content (AvgIpc) is 2.82. The Kier molecular flexibility index (Phi) is 4.81. The predicted octanol–water partition coefficient (Wildman–Crippen LogP) is 3.00. The third-order valence-electron chi connectivity index (χ3n) is 4.35. The van der Waals surface area contributed by atoms with Crippen molar-refractivity contribution < 1.29 is 0 Å². The van der Waals surface area contributed by atoms with E-state index in [2.05, 4.69) is 36.1 Å². The van der Waals surface area contributed by atoms with Gasteiger partial charge >= 0.3 is 0 Å². The van der Waals surface area contributed by atoms with E-state index in [0.717, 1.165) is 36.5 Å². The molecule has 0 bridgehead atoms. The van der Waals surface area contributed by atoms with Gasteiger partial charge in [0.2, 0.25) is 0 Å². The van der Waals surface area contributed by atoms with Gasteiger partial charge in [-0.3, -0.25) is 0 Å². The second kappa shape index (κ2) is 6.37. The maximum atomic E-state index is 4.27. The molecule has 0 saturated heterocycles. The number of aromatic amines is 1. The summed E-state index contributed by atoms with van der Waals surface area (Å²) >= 11 is 0. The Morgan fingerprint density at radius 3 is 2.94 bits per heavy atom. The number of H-pyrrole nitrogens is 1. The van der Waals surface area contributed by atoms with E-state index < -0.39 is 0 Å². The van der Waals surface area contributed by atoms with E-state index in [1.165, 1.54) is 19.3 Å². The van der Waals surface area contributed by atoms with Crippen molar-refractivity contribution in [2.75, 3.05) is 6.54 Å². The summed E-state index contributed by atoms with van der Waals surface area (Å²) in [5, 5.41) is 3.76. The van der Waals surface area contributed by atoms with Crippen molar-refractivity contribution in [1.29, 1.82) is 0 Å². The quantitative estimate of drug-likeness (QED) is 0.842. The van der Waals surface area contributed by atoms with Crippen LogP contribution in [0.2, 0.25) is 0 Å². The maximum absolute atomic E-state index is 4.27. The molecule has 0 radical (unpaired) electrons. The molecule has 3 atom stereocenters. The molecule has 1 saturated carbocycles. The molecule has 2 rings (SSSR count). The van der Waals surface area contributed by atoms with Gasteiger partial charge in [0.25, 0.3) is 0 Å². The summed E-state index contributed by atoms with van der Waals surface area (Å²) in [6, 6.07) is 0.698. The Balaban J connectivity index is 1.81. The van der Waals surface area contributed by atoms with E-state index >= 15 is 0 Å². The van der Waals surface area contributed by atoms with E-state index in [4.69, 9.17) is 0 Å². The number of rotatable bonds is 5. The van der Waals surface area contributed by atoms with E-state index in [1.54, 1.807) is 0 Å². The molecule has 0 amide bonds. The van der Waals surface area contributed by atoms with Crippen LogP contribution in [-0.4, -0.2) is 22.6 Å². The van der Waals surface area contributed by atoms with E-state index in [1.807, 2.05) is 12.4 Å². The predicted molar refractivity (Wildman–Crippen MR) is 75.4 cm³/mol. The minimum atomic E-state index is 0.698. The number of aromatic nitrogens is 2. The largest absolute Gasteiger partial charge is 0.349 e. The molecule has 1 aromatic rings. The van der Waals surface area contributed by atoms with Crippen molar-refractivity contribution in [3.63, 3.8) is 0 Å². The molecule has 3 unspecified atom stereocenters. The first-order chi connectivity index (χ1) is 8.66. The minimum Gasteiger partial charge on any atom is -0.349 e. The molecule has 1 aliphatic carbocycles. The highest BCUT2D eigenvalue weighted by atomic mass is 14.9. The lowest BCUT2D eigenvalue weighted by atomic mass is 9.74. The van der Waals surface area contributed by atoms with Crippen LogP contribution in [0, 0.1) is 17.8 Å². The summed E-state index contributed by atoms with van der Waals surface area (Å²) in [5.74, 6) is 3.60. The van der Waals surface area contributed by atoms with Crippen LogP contribution in [0.25, 0.3) is 0 Å². The maximum Gasteiger partial charge on any atom is 0.107 e. The summed E-state index contributed by atoms with van der Waals surface area (Å²) in [5.41, 5.74) is 0. The molecule has 2 N–H and O–H groups in total. The van der Waals surface area contributed by atoms with Gasteiger partial charge in [-0.05, 0) is 30.6 Å². The SMILES string of the molecule is CC1CCC(C(C)C)C(NCCc2ncc[nH]2)C1. The van der Waals surface area contributed by atoms with Gasteiger partial charge in [-0.2, -0.15) is 0 Å². The summed E-state index contributed by atoms with van der Waals surface area (Å²) in [6.07, 6.45) is 8.85. The second-order valence-electron chi connectivity index (χ2n) is 6.17. The first kappa shape index (κ1) is 13.6. The van der Waals surface area contributed by atoms with Crippen molar-refractivity contribution in [2.45, 2.75) is 52.5 Å². The van der Waals surface area contributed by atoms with E-state index in [-0.39, 0.29) is 0 Å². The summed E-state index contributed by atoms with van der Waals surface area (Å²) in [6.45, 7) is 8.15. The monoisotopic (exact) mass is 249 g/mol. The van der Waals surface area contributed by atoms with Crippen LogP contribution >= 0.6 is 0 Å². The molecule has 18 heavy (non-hydrogen) atoms. The molecule has 1 aromatic heterocycles. The zero-order valence-electron chi connectivity index (χ0n) is 11.9. The molecule has 0 aliphatic heterocycles. The lowest BCUT2D eigenvalue weighted by Crippen LogP contribution is -2.43.